The lowest BCUT2D eigenvalue weighted by molar-refractivity contribution is -0.125. The predicted octanol–water partition coefficient (Wildman–Crippen LogP) is 9.00. The second kappa shape index (κ2) is 15.8. The Labute approximate surface area is 285 Å². The molecule has 7 atom stereocenters. The van der Waals surface area contributed by atoms with E-state index in [4.69, 9.17) is 18.3 Å². The van der Waals surface area contributed by atoms with Crippen LogP contribution in [-0.4, -0.2) is 29.3 Å². The number of carbonyl (C=O) groups is 2. The number of aliphatic hydroxyl groups is 1. The lowest BCUT2D eigenvalue weighted by atomic mass is 9.53. The van der Waals surface area contributed by atoms with Crippen molar-refractivity contribution in [1.29, 1.82) is 0 Å². The number of carbonyl (C=O) groups excluding carboxylic acids is 2. The summed E-state index contributed by atoms with van der Waals surface area (Å²) in [6.07, 6.45) is 3.16. The van der Waals surface area contributed by atoms with Crippen LogP contribution in [-0.2, 0) is 27.0 Å². The number of benzene rings is 3. The smallest absolute Gasteiger partial charge is 0.414 e. The van der Waals surface area contributed by atoms with Crippen LogP contribution in [0, 0.1) is 28.6 Å². The van der Waals surface area contributed by atoms with Gasteiger partial charge in [-0.15, -0.1) is 6.58 Å². The molecule has 9 heteroatoms. The maximum atomic E-state index is 13.2. The summed E-state index contributed by atoms with van der Waals surface area (Å²) < 4.78 is 24.2. The number of amides is 2. The van der Waals surface area contributed by atoms with Crippen molar-refractivity contribution in [2.45, 2.75) is 78.8 Å². The first-order valence-corrected chi connectivity index (χ1v) is 17.9. The second-order valence-corrected chi connectivity index (χ2v) is 15.0. The molecule has 3 aromatic rings. The highest BCUT2D eigenvalue weighted by Gasteiger charge is 2.53. The summed E-state index contributed by atoms with van der Waals surface area (Å²) >= 11 is 0. The van der Waals surface area contributed by atoms with Gasteiger partial charge >= 0.3 is 14.7 Å². The maximum absolute atomic E-state index is 13.2. The van der Waals surface area contributed by atoms with Crippen LogP contribution >= 0.6 is 8.60 Å². The highest BCUT2D eigenvalue weighted by molar-refractivity contribution is 7.42. The first kappa shape index (κ1) is 35.7. The van der Waals surface area contributed by atoms with Crippen molar-refractivity contribution >= 4 is 20.6 Å². The van der Waals surface area contributed by atoms with Gasteiger partial charge in [0.05, 0.1) is 19.3 Å². The van der Waals surface area contributed by atoms with E-state index in [9.17, 15) is 14.7 Å². The zero-order chi connectivity index (χ0) is 34.3. The van der Waals surface area contributed by atoms with Gasteiger partial charge in [0.1, 0.15) is 11.9 Å². The molecule has 2 fully saturated rings. The van der Waals surface area contributed by atoms with E-state index in [1.54, 1.807) is 30.3 Å². The topological polar surface area (TPSA) is 103 Å². The Morgan fingerprint density at radius 1 is 0.896 bits per heavy atom. The molecule has 2 aliphatic rings. The summed E-state index contributed by atoms with van der Waals surface area (Å²) in [5.74, 6) is 0.600. The van der Waals surface area contributed by atoms with E-state index < -0.39 is 38.2 Å². The van der Waals surface area contributed by atoms with Gasteiger partial charge in [0, 0.05) is 16.4 Å². The molecular weight excluding hydrogens is 625 g/mol. The minimum atomic E-state index is -1.77. The Morgan fingerprint density at radius 2 is 1.48 bits per heavy atom. The SMILES string of the molecule is C=C[C@]1(C)C[C@@H](OC(=O)NC(=O)c2ccc(OP(OCc3ccccc3)OCc3ccccc3)cc2)[C@@]2(C)CC(CCC2C)[C@@H](C)C1O. The lowest BCUT2D eigenvalue weighted by Gasteiger charge is -2.54. The van der Waals surface area contributed by atoms with Gasteiger partial charge in [0.25, 0.3) is 5.91 Å². The number of nitrogens with one attached hydrogen (secondary N) is 1. The molecular formula is C39H48NO7P. The minimum absolute atomic E-state index is 0.102. The highest BCUT2D eigenvalue weighted by atomic mass is 31.2. The van der Waals surface area contributed by atoms with Crippen molar-refractivity contribution in [3.8, 4) is 5.75 Å². The van der Waals surface area contributed by atoms with Crippen molar-refractivity contribution in [2.75, 3.05) is 0 Å². The lowest BCUT2D eigenvalue weighted by Crippen LogP contribution is -2.54. The number of imide groups is 1. The van der Waals surface area contributed by atoms with Gasteiger partial charge in [0.2, 0.25) is 0 Å². The second-order valence-electron chi connectivity index (χ2n) is 13.9. The third kappa shape index (κ3) is 8.53. The summed E-state index contributed by atoms with van der Waals surface area (Å²) in [5.41, 5.74) is 1.30. The van der Waals surface area contributed by atoms with Crippen molar-refractivity contribution in [2.24, 2.45) is 28.6 Å². The molecule has 2 aliphatic carbocycles. The van der Waals surface area contributed by atoms with Crippen LogP contribution in [0.3, 0.4) is 0 Å². The van der Waals surface area contributed by atoms with Gasteiger partial charge in [-0.25, -0.2) is 4.79 Å². The van der Waals surface area contributed by atoms with Gasteiger partial charge in [-0.05, 0) is 78.8 Å². The molecule has 0 aliphatic heterocycles. The summed E-state index contributed by atoms with van der Waals surface area (Å²) in [4.78, 5) is 26.4. The van der Waals surface area contributed by atoms with Gasteiger partial charge in [-0.3, -0.25) is 19.2 Å². The number of fused-ring (bicyclic) bond motifs is 2. The Bertz CT molecular complexity index is 1480. The van der Waals surface area contributed by atoms with E-state index in [2.05, 4.69) is 32.7 Å². The Hall–Kier alpha value is -3.55. The molecule has 0 heterocycles. The van der Waals surface area contributed by atoms with E-state index in [1.807, 2.05) is 67.6 Å². The quantitative estimate of drug-likeness (QED) is 0.155. The number of hydrogen-bond donors (Lipinski definition) is 2. The number of hydrogen-bond acceptors (Lipinski definition) is 7. The monoisotopic (exact) mass is 673 g/mol. The third-order valence-corrected chi connectivity index (χ3v) is 11.7. The first-order chi connectivity index (χ1) is 23.0. The zero-order valence-corrected chi connectivity index (χ0v) is 29.2. The molecule has 0 saturated heterocycles. The van der Waals surface area contributed by atoms with E-state index in [1.165, 1.54) is 0 Å². The van der Waals surface area contributed by atoms with E-state index in [-0.39, 0.29) is 16.9 Å². The van der Waals surface area contributed by atoms with Crippen molar-refractivity contribution in [1.82, 2.24) is 5.32 Å². The highest BCUT2D eigenvalue weighted by Crippen LogP contribution is 2.55. The minimum Gasteiger partial charge on any atom is -0.445 e. The average Bonchev–Trinajstić information content (AvgIpc) is 3.10. The molecule has 2 bridgehead atoms. The van der Waals surface area contributed by atoms with E-state index in [0.29, 0.717) is 37.2 Å². The fourth-order valence-electron chi connectivity index (χ4n) is 7.12. The Balaban J connectivity index is 1.22. The van der Waals surface area contributed by atoms with Crippen LogP contribution in [0.5, 0.6) is 5.75 Å². The molecule has 0 spiro atoms. The number of ether oxygens (including phenoxy) is 1. The molecule has 3 unspecified atom stereocenters. The van der Waals surface area contributed by atoms with Crippen molar-refractivity contribution < 1.29 is 33.0 Å². The molecule has 0 aromatic heterocycles. The average molecular weight is 674 g/mol. The summed E-state index contributed by atoms with van der Waals surface area (Å²) in [6, 6.07) is 26.0. The molecule has 2 N–H and O–H groups in total. The number of aliphatic hydroxyl groups excluding tert-OH is 1. The van der Waals surface area contributed by atoms with E-state index in [0.717, 1.165) is 30.4 Å². The molecule has 48 heavy (non-hydrogen) atoms. The molecule has 5 rings (SSSR count). The molecule has 2 amide bonds. The summed E-state index contributed by atoms with van der Waals surface area (Å²) in [7, 11) is -1.77. The summed E-state index contributed by atoms with van der Waals surface area (Å²) in [5, 5.41) is 13.8. The van der Waals surface area contributed by atoms with Crippen LogP contribution in [0.25, 0.3) is 0 Å². The summed E-state index contributed by atoms with van der Waals surface area (Å²) in [6.45, 7) is 13.1. The number of rotatable bonds is 11. The van der Waals surface area contributed by atoms with Gasteiger partial charge in [-0.1, -0.05) is 94.4 Å². The fourth-order valence-corrected chi connectivity index (χ4v) is 8.10. The molecule has 8 nitrogen and oxygen atoms in total. The molecule has 0 radical (unpaired) electrons. The van der Waals surface area contributed by atoms with E-state index >= 15 is 0 Å². The fraction of sp³-hybridized carbons (Fsp3) is 0.436. The van der Waals surface area contributed by atoms with Crippen LogP contribution in [0.4, 0.5) is 4.79 Å². The van der Waals surface area contributed by atoms with Crippen molar-refractivity contribution in [3.05, 3.63) is 114 Å². The third-order valence-electron chi connectivity index (χ3n) is 10.7. The van der Waals surface area contributed by atoms with Crippen LogP contribution < -0.4 is 9.84 Å². The maximum Gasteiger partial charge on any atom is 0.414 e. The van der Waals surface area contributed by atoms with Gasteiger partial charge in [0.15, 0.2) is 0 Å². The van der Waals surface area contributed by atoms with Crippen LogP contribution in [0.15, 0.2) is 97.6 Å². The van der Waals surface area contributed by atoms with Crippen LogP contribution in [0.1, 0.15) is 74.9 Å². The molecule has 2 saturated carbocycles. The Kier molecular flexibility index (Phi) is 11.7. The van der Waals surface area contributed by atoms with Crippen LogP contribution in [0.2, 0.25) is 0 Å². The molecule has 3 aromatic carbocycles. The standard InChI is InChI=1S/C39H48NO7P/c1-6-38(4)24-34(39(5)23-32(18-17-27(39)2)28(3)35(38)41)46-37(43)40-36(42)31-19-21-33(22-20-31)47-48(44-25-29-13-9-7-10-14-29)45-26-30-15-11-8-12-16-30/h6-16,19-22,27-28,32,34-35,41H,1,17-18,23-26H2,2-5H3,(H,40,42,43)/t27?,28-,32?,34-,35?,38-,39+/m1/s1. The van der Waals surface area contributed by atoms with Crippen molar-refractivity contribution in [3.63, 3.8) is 0 Å². The first-order valence-electron chi connectivity index (χ1n) is 16.8. The molecule has 256 valence electrons. The number of alkyl carbamates (subject to hydrolysis) is 1. The normalized spacial score (nSPS) is 28.5. The van der Waals surface area contributed by atoms with Gasteiger partial charge in [-0.2, -0.15) is 0 Å². The Morgan fingerprint density at radius 3 is 2.04 bits per heavy atom. The van der Waals surface area contributed by atoms with Gasteiger partial charge < -0.3 is 14.4 Å². The zero-order valence-electron chi connectivity index (χ0n) is 28.3. The predicted molar refractivity (Wildman–Crippen MR) is 187 cm³/mol. The largest absolute Gasteiger partial charge is 0.445 e.